The van der Waals surface area contributed by atoms with Crippen molar-refractivity contribution in [1.29, 1.82) is 0 Å². The van der Waals surface area contributed by atoms with Crippen LogP contribution >= 0.6 is 11.3 Å². The van der Waals surface area contributed by atoms with Crippen molar-refractivity contribution >= 4 is 17.0 Å². The maximum Gasteiger partial charge on any atom is 0.190 e. The fourth-order valence-electron chi connectivity index (χ4n) is 2.55. The molecule has 2 aromatic heterocycles. The van der Waals surface area contributed by atoms with Gasteiger partial charge in [-0.25, -0.2) is 9.98 Å². The fraction of sp³-hybridized carbons (Fsp3) is 0.333. The van der Waals surface area contributed by atoms with Gasteiger partial charge in [-0.05, 0) is 44.4 Å². The van der Waals surface area contributed by atoms with E-state index in [9.17, 15) is 0 Å². The number of aryl methyl sites for hydroxylation is 4. The Bertz CT molecular complexity index is 840. The SMILES string of the molecule is Cc1ccc(C)c(N=c2scc(C)n2CCCn2ccnc2)c1. The van der Waals surface area contributed by atoms with E-state index in [-0.39, 0.29) is 0 Å². The summed E-state index contributed by atoms with van der Waals surface area (Å²) in [4.78, 5) is 10.1. The lowest BCUT2D eigenvalue weighted by molar-refractivity contribution is 0.548. The minimum Gasteiger partial charge on any atom is -0.337 e. The van der Waals surface area contributed by atoms with Crippen LogP contribution < -0.4 is 4.80 Å². The van der Waals surface area contributed by atoms with Crippen LogP contribution in [0.2, 0.25) is 0 Å². The predicted molar refractivity (Wildman–Crippen MR) is 95.0 cm³/mol. The lowest BCUT2D eigenvalue weighted by Gasteiger charge is -2.07. The zero-order chi connectivity index (χ0) is 16.2. The Morgan fingerprint density at radius 3 is 2.83 bits per heavy atom. The normalized spacial score (nSPS) is 12.0. The Hall–Kier alpha value is -2.14. The van der Waals surface area contributed by atoms with Gasteiger partial charge in [0.2, 0.25) is 0 Å². The van der Waals surface area contributed by atoms with Crippen molar-refractivity contribution in [2.75, 3.05) is 0 Å². The van der Waals surface area contributed by atoms with Gasteiger partial charge in [-0.2, -0.15) is 0 Å². The van der Waals surface area contributed by atoms with Gasteiger partial charge in [0.05, 0.1) is 12.0 Å². The molecule has 0 fully saturated rings. The van der Waals surface area contributed by atoms with Crippen molar-refractivity contribution in [3.63, 3.8) is 0 Å². The first-order valence-electron chi connectivity index (χ1n) is 7.86. The highest BCUT2D eigenvalue weighted by Gasteiger charge is 2.03. The largest absolute Gasteiger partial charge is 0.337 e. The van der Waals surface area contributed by atoms with Gasteiger partial charge in [-0.15, -0.1) is 11.3 Å². The first-order valence-corrected chi connectivity index (χ1v) is 8.74. The number of benzene rings is 1. The summed E-state index contributed by atoms with van der Waals surface area (Å²) in [5.41, 5.74) is 4.79. The van der Waals surface area contributed by atoms with Crippen LogP contribution in [-0.4, -0.2) is 14.1 Å². The van der Waals surface area contributed by atoms with E-state index in [0.29, 0.717) is 0 Å². The zero-order valence-corrected chi connectivity index (χ0v) is 14.7. The van der Waals surface area contributed by atoms with Crippen molar-refractivity contribution in [2.45, 2.75) is 40.3 Å². The average molecular weight is 326 g/mol. The van der Waals surface area contributed by atoms with Gasteiger partial charge >= 0.3 is 0 Å². The van der Waals surface area contributed by atoms with E-state index >= 15 is 0 Å². The van der Waals surface area contributed by atoms with E-state index in [1.54, 1.807) is 11.3 Å². The average Bonchev–Trinajstić information content (AvgIpc) is 3.15. The number of aromatic nitrogens is 3. The predicted octanol–water partition coefficient (Wildman–Crippen LogP) is 3.99. The molecular formula is C18H22N4S. The van der Waals surface area contributed by atoms with Crippen LogP contribution in [0.5, 0.6) is 0 Å². The molecule has 0 spiro atoms. The molecule has 5 heteroatoms. The highest BCUT2D eigenvalue weighted by atomic mass is 32.1. The molecule has 3 rings (SSSR count). The Morgan fingerprint density at radius 1 is 1.17 bits per heavy atom. The van der Waals surface area contributed by atoms with E-state index < -0.39 is 0 Å². The molecule has 4 nitrogen and oxygen atoms in total. The maximum absolute atomic E-state index is 4.90. The van der Waals surface area contributed by atoms with E-state index in [2.05, 4.69) is 58.5 Å². The lowest BCUT2D eigenvalue weighted by atomic mass is 10.1. The van der Waals surface area contributed by atoms with Crippen LogP contribution in [0.15, 0.2) is 47.3 Å². The van der Waals surface area contributed by atoms with E-state index in [1.807, 2.05) is 18.7 Å². The number of thiazole rings is 1. The highest BCUT2D eigenvalue weighted by molar-refractivity contribution is 7.07. The monoisotopic (exact) mass is 326 g/mol. The molecule has 2 heterocycles. The summed E-state index contributed by atoms with van der Waals surface area (Å²) >= 11 is 1.71. The molecule has 120 valence electrons. The van der Waals surface area contributed by atoms with Gasteiger partial charge in [-0.3, -0.25) is 0 Å². The van der Waals surface area contributed by atoms with Crippen LogP contribution in [0, 0.1) is 20.8 Å². The first-order chi connectivity index (χ1) is 11.1. The second-order valence-corrected chi connectivity index (χ2v) is 6.70. The van der Waals surface area contributed by atoms with E-state index in [0.717, 1.165) is 30.0 Å². The third-order valence-electron chi connectivity index (χ3n) is 3.93. The van der Waals surface area contributed by atoms with Gasteiger partial charge in [0.1, 0.15) is 0 Å². The minimum atomic E-state index is 0.969. The minimum absolute atomic E-state index is 0.969. The standard InChI is InChI=1S/C18H22N4S/c1-14-5-6-15(2)17(11-14)20-18-22(16(3)12-23-18)9-4-8-21-10-7-19-13-21/h5-7,10-13H,4,8-9H2,1-3H3. The first kappa shape index (κ1) is 15.7. The Kier molecular flexibility index (Phi) is 4.76. The molecule has 23 heavy (non-hydrogen) atoms. The van der Waals surface area contributed by atoms with E-state index in [1.165, 1.54) is 16.8 Å². The molecule has 0 saturated carbocycles. The molecule has 0 saturated heterocycles. The summed E-state index contributed by atoms with van der Waals surface area (Å²) < 4.78 is 4.42. The number of hydrogen-bond acceptors (Lipinski definition) is 3. The van der Waals surface area contributed by atoms with Gasteiger partial charge in [-0.1, -0.05) is 12.1 Å². The van der Waals surface area contributed by atoms with Crippen LogP contribution in [0.4, 0.5) is 5.69 Å². The number of rotatable bonds is 5. The van der Waals surface area contributed by atoms with Gasteiger partial charge in [0.25, 0.3) is 0 Å². The Morgan fingerprint density at radius 2 is 2.04 bits per heavy atom. The van der Waals surface area contributed by atoms with Gasteiger partial charge < -0.3 is 9.13 Å². The van der Waals surface area contributed by atoms with Crippen LogP contribution in [0.25, 0.3) is 0 Å². The summed E-state index contributed by atoms with van der Waals surface area (Å²) in [6, 6.07) is 6.42. The lowest BCUT2D eigenvalue weighted by Crippen LogP contribution is -2.17. The summed E-state index contributed by atoms with van der Waals surface area (Å²) in [7, 11) is 0. The second kappa shape index (κ2) is 6.96. The Labute approximate surface area is 140 Å². The molecule has 0 aliphatic rings. The molecule has 0 radical (unpaired) electrons. The molecule has 0 aliphatic carbocycles. The summed E-state index contributed by atoms with van der Waals surface area (Å²) in [5.74, 6) is 0. The summed E-state index contributed by atoms with van der Waals surface area (Å²) in [6.45, 7) is 8.32. The molecule has 0 amide bonds. The fourth-order valence-corrected chi connectivity index (χ4v) is 3.46. The Balaban J connectivity index is 1.83. The molecule has 0 bridgehead atoms. The van der Waals surface area contributed by atoms with Crippen LogP contribution in [0.1, 0.15) is 23.2 Å². The zero-order valence-electron chi connectivity index (χ0n) is 13.9. The molecule has 0 atom stereocenters. The van der Waals surface area contributed by atoms with Crippen molar-refractivity contribution in [2.24, 2.45) is 4.99 Å². The maximum atomic E-state index is 4.90. The summed E-state index contributed by atoms with van der Waals surface area (Å²) in [6.07, 6.45) is 6.76. The molecule has 3 aromatic rings. The molecule has 1 aromatic carbocycles. The number of nitrogens with zero attached hydrogens (tertiary/aromatic N) is 4. The summed E-state index contributed by atoms with van der Waals surface area (Å²) in [5, 5.41) is 2.18. The third-order valence-corrected chi connectivity index (χ3v) is 4.91. The third kappa shape index (κ3) is 3.79. The van der Waals surface area contributed by atoms with Crippen molar-refractivity contribution in [1.82, 2.24) is 14.1 Å². The van der Waals surface area contributed by atoms with Crippen LogP contribution in [0.3, 0.4) is 0 Å². The molecule has 0 unspecified atom stereocenters. The number of imidazole rings is 1. The second-order valence-electron chi connectivity index (χ2n) is 5.87. The van der Waals surface area contributed by atoms with E-state index in [4.69, 9.17) is 4.99 Å². The molecular weight excluding hydrogens is 304 g/mol. The highest BCUT2D eigenvalue weighted by Crippen LogP contribution is 2.19. The quantitative estimate of drug-likeness (QED) is 0.698. The molecule has 0 N–H and O–H groups in total. The van der Waals surface area contributed by atoms with Gasteiger partial charge in [0, 0.05) is 36.6 Å². The molecule has 0 aliphatic heterocycles. The van der Waals surface area contributed by atoms with Crippen molar-refractivity contribution < 1.29 is 0 Å². The van der Waals surface area contributed by atoms with Crippen LogP contribution in [-0.2, 0) is 13.1 Å². The topological polar surface area (TPSA) is 35.1 Å². The van der Waals surface area contributed by atoms with Crippen molar-refractivity contribution in [3.8, 4) is 0 Å². The number of hydrogen-bond donors (Lipinski definition) is 0. The smallest absolute Gasteiger partial charge is 0.190 e. The van der Waals surface area contributed by atoms with Gasteiger partial charge in [0.15, 0.2) is 4.80 Å². The van der Waals surface area contributed by atoms with Crippen molar-refractivity contribution in [3.05, 3.63) is 63.9 Å².